The molecule has 3 rings (SSSR count). The monoisotopic (exact) mass is 255 g/mol. The minimum atomic E-state index is -0.441. The van der Waals surface area contributed by atoms with Gasteiger partial charge in [0.05, 0.1) is 11.5 Å². The van der Waals surface area contributed by atoms with Gasteiger partial charge in [0.25, 0.3) is 0 Å². The molecule has 2 aromatic rings. The summed E-state index contributed by atoms with van der Waals surface area (Å²) in [5, 5.41) is 3.27. The first kappa shape index (κ1) is 11.9. The third kappa shape index (κ3) is 2.12. The highest BCUT2D eigenvalue weighted by atomic mass is 19.1. The van der Waals surface area contributed by atoms with Crippen LogP contribution in [0.3, 0.4) is 0 Å². The number of para-hydroxylation sites is 1. The lowest BCUT2D eigenvalue weighted by atomic mass is 9.85. The summed E-state index contributed by atoms with van der Waals surface area (Å²) in [7, 11) is 0. The van der Waals surface area contributed by atoms with Crippen LogP contribution in [-0.2, 0) is 0 Å². The van der Waals surface area contributed by atoms with Crippen molar-refractivity contribution in [3.8, 4) is 0 Å². The van der Waals surface area contributed by atoms with Crippen LogP contribution in [-0.4, -0.2) is 12.3 Å². The maximum atomic E-state index is 13.7. The van der Waals surface area contributed by atoms with Gasteiger partial charge in [0, 0.05) is 12.2 Å². The molecule has 1 N–H and O–H groups in total. The highest BCUT2D eigenvalue weighted by Crippen LogP contribution is 2.34. The fraction of sp³-hybridized carbons (Fsp3) is 0.188. The number of hydrogen-bond acceptors (Lipinski definition) is 2. The molecule has 1 unspecified atom stereocenters. The van der Waals surface area contributed by atoms with E-state index in [1.165, 1.54) is 6.07 Å². The van der Waals surface area contributed by atoms with Crippen LogP contribution in [0, 0.1) is 5.82 Å². The van der Waals surface area contributed by atoms with Crippen molar-refractivity contribution >= 4 is 11.5 Å². The SMILES string of the molecule is O=C(c1ccccc1F)C1CCNc2ccccc21. The number of anilines is 1. The normalized spacial score (nSPS) is 17.4. The molecule has 2 aromatic carbocycles. The van der Waals surface area contributed by atoms with Gasteiger partial charge in [-0.2, -0.15) is 0 Å². The quantitative estimate of drug-likeness (QED) is 0.831. The number of fused-ring (bicyclic) bond motifs is 1. The number of benzene rings is 2. The topological polar surface area (TPSA) is 29.1 Å². The van der Waals surface area contributed by atoms with Gasteiger partial charge < -0.3 is 5.32 Å². The average Bonchev–Trinajstić information content (AvgIpc) is 2.46. The molecule has 0 bridgehead atoms. The molecule has 0 aromatic heterocycles. The molecule has 96 valence electrons. The molecule has 0 saturated carbocycles. The van der Waals surface area contributed by atoms with Crippen LogP contribution in [0.1, 0.15) is 28.3 Å². The van der Waals surface area contributed by atoms with Crippen molar-refractivity contribution in [1.29, 1.82) is 0 Å². The number of nitrogens with one attached hydrogen (secondary N) is 1. The van der Waals surface area contributed by atoms with Gasteiger partial charge in [-0.1, -0.05) is 30.3 Å². The van der Waals surface area contributed by atoms with Crippen LogP contribution in [0.5, 0.6) is 0 Å². The first-order valence-corrected chi connectivity index (χ1v) is 6.39. The smallest absolute Gasteiger partial charge is 0.173 e. The highest BCUT2D eigenvalue weighted by molar-refractivity contribution is 6.02. The second kappa shape index (κ2) is 4.84. The van der Waals surface area contributed by atoms with Crippen LogP contribution in [0.4, 0.5) is 10.1 Å². The maximum absolute atomic E-state index is 13.7. The predicted molar refractivity (Wildman–Crippen MR) is 73.0 cm³/mol. The number of Topliss-reactive ketones (excluding diaryl/α,β-unsaturated/α-hetero) is 1. The molecule has 2 nitrogen and oxygen atoms in total. The zero-order valence-corrected chi connectivity index (χ0v) is 10.4. The highest BCUT2D eigenvalue weighted by Gasteiger charge is 2.28. The number of rotatable bonds is 2. The lowest BCUT2D eigenvalue weighted by molar-refractivity contribution is 0.0951. The van der Waals surface area contributed by atoms with Crippen molar-refractivity contribution in [2.75, 3.05) is 11.9 Å². The van der Waals surface area contributed by atoms with Crippen LogP contribution < -0.4 is 5.32 Å². The summed E-state index contributed by atoms with van der Waals surface area (Å²) in [6, 6.07) is 13.9. The molecule has 1 atom stereocenters. The van der Waals surface area contributed by atoms with Crippen molar-refractivity contribution in [2.24, 2.45) is 0 Å². The molecule has 0 radical (unpaired) electrons. The molecule has 0 fully saturated rings. The Labute approximate surface area is 111 Å². The third-order valence-corrected chi connectivity index (χ3v) is 3.54. The molecule has 0 saturated heterocycles. The minimum absolute atomic E-state index is 0.132. The fourth-order valence-electron chi connectivity index (χ4n) is 2.59. The van der Waals surface area contributed by atoms with Crippen molar-refractivity contribution in [3.63, 3.8) is 0 Å². The second-order valence-electron chi connectivity index (χ2n) is 4.70. The van der Waals surface area contributed by atoms with E-state index in [1.54, 1.807) is 18.2 Å². The van der Waals surface area contributed by atoms with E-state index < -0.39 is 5.82 Å². The number of carbonyl (C=O) groups excluding carboxylic acids is 1. The van der Waals surface area contributed by atoms with Crippen LogP contribution >= 0.6 is 0 Å². The summed E-state index contributed by atoms with van der Waals surface area (Å²) in [6.45, 7) is 0.738. The van der Waals surface area contributed by atoms with Gasteiger partial charge in [0.1, 0.15) is 5.82 Å². The Morgan fingerprint density at radius 1 is 1.11 bits per heavy atom. The van der Waals surface area contributed by atoms with E-state index in [2.05, 4.69) is 5.32 Å². The average molecular weight is 255 g/mol. The summed E-state index contributed by atoms with van der Waals surface area (Å²) in [6.07, 6.45) is 0.699. The Morgan fingerprint density at radius 2 is 1.84 bits per heavy atom. The van der Waals surface area contributed by atoms with E-state index in [1.807, 2.05) is 24.3 Å². The summed E-state index contributed by atoms with van der Waals surface area (Å²) in [4.78, 5) is 12.5. The zero-order valence-electron chi connectivity index (χ0n) is 10.4. The number of hydrogen-bond donors (Lipinski definition) is 1. The Bertz CT molecular complexity index is 624. The number of ketones is 1. The van der Waals surface area contributed by atoms with E-state index in [0.717, 1.165) is 17.8 Å². The zero-order chi connectivity index (χ0) is 13.2. The summed E-state index contributed by atoms with van der Waals surface area (Å²) < 4.78 is 13.7. The van der Waals surface area contributed by atoms with E-state index >= 15 is 0 Å². The lowest BCUT2D eigenvalue weighted by Gasteiger charge is -2.25. The Hall–Kier alpha value is -2.16. The molecule has 0 amide bonds. The first-order valence-electron chi connectivity index (χ1n) is 6.39. The molecule has 3 heteroatoms. The van der Waals surface area contributed by atoms with Crippen molar-refractivity contribution in [1.82, 2.24) is 0 Å². The number of halogens is 1. The maximum Gasteiger partial charge on any atom is 0.173 e. The molecular formula is C16H14FNO. The van der Waals surface area contributed by atoms with E-state index in [-0.39, 0.29) is 17.3 Å². The minimum Gasteiger partial charge on any atom is -0.385 e. The Balaban J connectivity index is 2.00. The van der Waals surface area contributed by atoms with Crippen molar-refractivity contribution in [3.05, 3.63) is 65.5 Å². The van der Waals surface area contributed by atoms with Gasteiger partial charge in [-0.05, 0) is 30.2 Å². The van der Waals surface area contributed by atoms with Crippen LogP contribution in [0.25, 0.3) is 0 Å². The molecule has 0 aliphatic carbocycles. The van der Waals surface area contributed by atoms with E-state index in [9.17, 15) is 9.18 Å². The Morgan fingerprint density at radius 3 is 2.68 bits per heavy atom. The van der Waals surface area contributed by atoms with E-state index in [0.29, 0.717) is 6.42 Å². The standard InChI is InChI=1S/C16H14FNO/c17-14-7-3-1-6-13(14)16(19)12-9-10-18-15-8-4-2-5-11(12)15/h1-8,12,18H,9-10H2. The largest absolute Gasteiger partial charge is 0.385 e. The first-order chi connectivity index (χ1) is 9.27. The molecule has 1 heterocycles. The van der Waals surface area contributed by atoms with Gasteiger partial charge in [-0.3, -0.25) is 4.79 Å². The molecule has 1 aliphatic rings. The van der Waals surface area contributed by atoms with Gasteiger partial charge in [0.2, 0.25) is 0 Å². The molecular weight excluding hydrogens is 241 g/mol. The van der Waals surface area contributed by atoms with Crippen LogP contribution in [0.15, 0.2) is 48.5 Å². The van der Waals surface area contributed by atoms with Crippen molar-refractivity contribution in [2.45, 2.75) is 12.3 Å². The second-order valence-corrected chi connectivity index (χ2v) is 4.70. The lowest BCUT2D eigenvalue weighted by Crippen LogP contribution is -2.23. The molecule has 19 heavy (non-hydrogen) atoms. The molecule has 1 aliphatic heterocycles. The Kier molecular flexibility index (Phi) is 3.03. The summed E-state index contributed by atoms with van der Waals surface area (Å²) in [5.74, 6) is -0.829. The fourth-order valence-corrected chi connectivity index (χ4v) is 2.59. The van der Waals surface area contributed by atoms with Crippen LogP contribution in [0.2, 0.25) is 0 Å². The predicted octanol–water partition coefficient (Wildman–Crippen LogP) is 3.61. The number of carbonyl (C=O) groups is 1. The van der Waals surface area contributed by atoms with Gasteiger partial charge in [0.15, 0.2) is 5.78 Å². The van der Waals surface area contributed by atoms with E-state index in [4.69, 9.17) is 0 Å². The van der Waals surface area contributed by atoms with Gasteiger partial charge in [-0.25, -0.2) is 4.39 Å². The summed E-state index contributed by atoms with van der Waals surface area (Å²) >= 11 is 0. The summed E-state index contributed by atoms with van der Waals surface area (Å²) in [5.41, 5.74) is 2.12. The third-order valence-electron chi connectivity index (χ3n) is 3.54. The van der Waals surface area contributed by atoms with Crippen molar-refractivity contribution < 1.29 is 9.18 Å². The van der Waals surface area contributed by atoms with Gasteiger partial charge >= 0.3 is 0 Å². The van der Waals surface area contributed by atoms with Gasteiger partial charge in [-0.15, -0.1) is 0 Å². The molecule has 0 spiro atoms.